The van der Waals surface area contributed by atoms with E-state index in [2.05, 4.69) is 26.6 Å². The zero-order chi connectivity index (χ0) is 21.8. The molecule has 0 amide bonds. The highest BCUT2D eigenvalue weighted by Gasteiger charge is 2.15. The molecule has 0 aliphatic rings. The van der Waals surface area contributed by atoms with Gasteiger partial charge in [-0.3, -0.25) is 10.1 Å². The molecule has 7 heteroatoms. The van der Waals surface area contributed by atoms with Crippen LogP contribution in [0, 0.1) is 12.3 Å². The monoisotopic (exact) mass is 412 g/mol. The zero-order valence-electron chi connectivity index (χ0n) is 17.1. The van der Waals surface area contributed by atoms with Gasteiger partial charge in [-0.15, -0.1) is 0 Å². The fourth-order valence-electron chi connectivity index (χ4n) is 3.62. The van der Waals surface area contributed by atoms with Gasteiger partial charge in [0, 0.05) is 34.6 Å². The van der Waals surface area contributed by atoms with Crippen LogP contribution in [0.15, 0.2) is 67.0 Å². The number of aromatic amines is 1. The summed E-state index contributed by atoms with van der Waals surface area (Å²) in [4.78, 5) is 4.60. The van der Waals surface area contributed by atoms with E-state index in [9.17, 15) is 5.11 Å². The van der Waals surface area contributed by atoms with Crippen LogP contribution in [0.3, 0.4) is 0 Å². The number of pyridine rings is 1. The molecule has 7 nitrogen and oxygen atoms in total. The van der Waals surface area contributed by atoms with Gasteiger partial charge in [0.15, 0.2) is 0 Å². The quantitative estimate of drug-likeness (QED) is 0.293. The van der Waals surface area contributed by atoms with Gasteiger partial charge in [-0.05, 0) is 36.2 Å². The SMILES string of the molecule is Cc1[nH]nc2ccc(-c3cc(NC(CO)c4ccccc4)cnc3/C(C=N)=C/N)cc12. The maximum atomic E-state index is 9.92. The number of aromatic nitrogens is 3. The Morgan fingerprint density at radius 1 is 1.23 bits per heavy atom. The summed E-state index contributed by atoms with van der Waals surface area (Å²) in [5.41, 5.74) is 12.3. The van der Waals surface area contributed by atoms with E-state index in [1.165, 1.54) is 12.4 Å². The van der Waals surface area contributed by atoms with Crippen molar-refractivity contribution in [1.82, 2.24) is 15.2 Å². The number of fused-ring (bicyclic) bond motifs is 1. The highest BCUT2D eigenvalue weighted by molar-refractivity contribution is 6.10. The first-order valence-corrected chi connectivity index (χ1v) is 9.94. The Hall–Kier alpha value is -3.97. The molecule has 1 unspecified atom stereocenters. The normalized spacial score (nSPS) is 12.6. The van der Waals surface area contributed by atoms with Crippen molar-refractivity contribution in [2.45, 2.75) is 13.0 Å². The van der Waals surface area contributed by atoms with Crippen molar-refractivity contribution in [2.75, 3.05) is 11.9 Å². The molecule has 0 radical (unpaired) electrons. The highest BCUT2D eigenvalue weighted by Crippen LogP contribution is 2.32. The van der Waals surface area contributed by atoms with Crippen LogP contribution in [0.2, 0.25) is 0 Å². The number of nitrogens with zero attached hydrogens (tertiary/aromatic N) is 2. The summed E-state index contributed by atoms with van der Waals surface area (Å²) in [5.74, 6) is 0. The van der Waals surface area contributed by atoms with Crippen molar-refractivity contribution in [1.29, 1.82) is 5.41 Å². The molecule has 31 heavy (non-hydrogen) atoms. The number of anilines is 1. The number of benzene rings is 2. The van der Waals surface area contributed by atoms with E-state index in [1.807, 2.05) is 55.5 Å². The number of nitrogens with two attached hydrogens (primary N) is 1. The molecule has 0 spiro atoms. The van der Waals surface area contributed by atoms with Gasteiger partial charge < -0.3 is 21.6 Å². The summed E-state index contributed by atoms with van der Waals surface area (Å²) >= 11 is 0. The largest absolute Gasteiger partial charge is 0.404 e. The summed E-state index contributed by atoms with van der Waals surface area (Å²) < 4.78 is 0. The number of aryl methyl sites for hydroxylation is 1. The smallest absolute Gasteiger partial charge is 0.0924 e. The van der Waals surface area contributed by atoms with Crippen LogP contribution in [-0.4, -0.2) is 33.1 Å². The minimum atomic E-state index is -0.271. The molecule has 0 aliphatic heterocycles. The van der Waals surface area contributed by atoms with E-state index in [4.69, 9.17) is 11.1 Å². The molecule has 0 bridgehead atoms. The van der Waals surface area contributed by atoms with Crippen molar-refractivity contribution in [2.24, 2.45) is 5.73 Å². The topological polar surface area (TPSA) is 124 Å². The van der Waals surface area contributed by atoms with Gasteiger partial charge in [0.2, 0.25) is 0 Å². The molecule has 0 fully saturated rings. The van der Waals surface area contributed by atoms with E-state index in [-0.39, 0.29) is 12.6 Å². The second-order valence-corrected chi connectivity index (χ2v) is 7.26. The Kier molecular flexibility index (Phi) is 5.77. The van der Waals surface area contributed by atoms with Crippen LogP contribution >= 0.6 is 0 Å². The van der Waals surface area contributed by atoms with Crippen molar-refractivity contribution in [3.05, 3.63) is 83.9 Å². The third-order valence-electron chi connectivity index (χ3n) is 5.28. The molecule has 2 aromatic heterocycles. The number of allylic oxidation sites excluding steroid dienone is 1. The number of nitrogens with one attached hydrogen (secondary N) is 3. The average Bonchev–Trinajstić information content (AvgIpc) is 3.19. The third-order valence-corrected chi connectivity index (χ3v) is 5.28. The molecule has 1 atom stereocenters. The lowest BCUT2D eigenvalue weighted by Gasteiger charge is -2.19. The summed E-state index contributed by atoms with van der Waals surface area (Å²) in [5, 5.41) is 29.3. The van der Waals surface area contributed by atoms with Gasteiger partial charge in [0.1, 0.15) is 0 Å². The first-order chi connectivity index (χ1) is 15.1. The minimum Gasteiger partial charge on any atom is -0.404 e. The van der Waals surface area contributed by atoms with Crippen LogP contribution in [0.25, 0.3) is 27.6 Å². The molecule has 4 rings (SSSR count). The highest BCUT2D eigenvalue weighted by atomic mass is 16.3. The fourth-order valence-corrected chi connectivity index (χ4v) is 3.62. The van der Waals surface area contributed by atoms with E-state index in [0.717, 1.165) is 39.0 Å². The average molecular weight is 412 g/mol. The number of aliphatic hydroxyl groups is 1. The molecular weight excluding hydrogens is 388 g/mol. The van der Waals surface area contributed by atoms with Crippen LogP contribution in [0.4, 0.5) is 5.69 Å². The summed E-state index contributed by atoms with van der Waals surface area (Å²) in [7, 11) is 0. The molecule has 2 heterocycles. The molecule has 2 aromatic carbocycles. The minimum absolute atomic E-state index is 0.0598. The standard InChI is InChI=1S/C24H24N6O/c1-15-20-9-17(7-8-22(20)30-29-15)21-10-19(13-27-24(21)18(11-25)12-26)28-23(14-31)16-5-3-2-4-6-16/h2-13,23,25,28,31H,14,26H2,1H3,(H,29,30)/b18-12+,25-11?. The number of H-pyrrole nitrogens is 1. The number of aliphatic hydroxyl groups excluding tert-OH is 1. The van der Waals surface area contributed by atoms with Crippen LogP contribution in [0.5, 0.6) is 0 Å². The van der Waals surface area contributed by atoms with Crippen molar-refractivity contribution < 1.29 is 5.11 Å². The number of hydrogen-bond acceptors (Lipinski definition) is 6. The van der Waals surface area contributed by atoms with Gasteiger partial charge in [-0.2, -0.15) is 5.10 Å². The second-order valence-electron chi connectivity index (χ2n) is 7.26. The first kappa shape index (κ1) is 20.3. The van der Waals surface area contributed by atoms with Crippen molar-refractivity contribution >= 4 is 28.4 Å². The second kappa shape index (κ2) is 8.81. The maximum absolute atomic E-state index is 9.92. The number of rotatable bonds is 7. The Bertz CT molecular complexity index is 1250. The fraction of sp³-hybridized carbons (Fsp3) is 0.125. The summed E-state index contributed by atoms with van der Waals surface area (Å²) in [6.45, 7) is 1.92. The van der Waals surface area contributed by atoms with Gasteiger partial charge in [-0.1, -0.05) is 36.4 Å². The predicted molar refractivity (Wildman–Crippen MR) is 125 cm³/mol. The third kappa shape index (κ3) is 4.04. The van der Waals surface area contributed by atoms with E-state index >= 15 is 0 Å². The summed E-state index contributed by atoms with van der Waals surface area (Å²) in [6.07, 6.45) is 4.27. The van der Waals surface area contributed by atoms with E-state index in [1.54, 1.807) is 6.20 Å². The molecule has 0 saturated heterocycles. The van der Waals surface area contributed by atoms with E-state index < -0.39 is 0 Å². The molecule has 156 valence electrons. The van der Waals surface area contributed by atoms with Crippen molar-refractivity contribution in [3.63, 3.8) is 0 Å². The van der Waals surface area contributed by atoms with Crippen molar-refractivity contribution in [3.8, 4) is 11.1 Å². The van der Waals surface area contributed by atoms with Gasteiger partial charge in [0.05, 0.1) is 35.7 Å². The maximum Gasteiger partial charge on any atom is 0.0924 e. The Morgan fingerprint density at radius 3 is 2.74 bits per heavy atom. The Labute approximate surface area is 180 Å². The first-order valence-electron chi connectivity index (χ1n) is 9.94. The summed E-state index contributed by atoms with van der Waals surface area (Å²) in [6, 6.07) is 17.4. The predicted octanol–water partition coefficient (Wildman–Crippen LogP) is 4.03. The molecule has 0 saturated carbocycles. The van der Waals surface area contributed by atoms with E-state index in [0.29, 0.717) is 11.3 Å². The lowest BCUT2D eigenvalue weighted by atomic mass is 9.98. The van der Waals surface area contributed by atoms with Crippen LogP contribution in [-0.2, 0) is 0 Å². The Balaban J connectivity index is 1.80. The van der Waals surface area contributed by atoms with Crippen LogP contribution in [0.1, 0.15) is 23.0 Å². The lowest BCUT2D eigenvalue weighted by Crippen LogP contribution is -2.15. The lowest BCUT2D eigenvalue weighted by molar-refractivity contribution is 0.276. The van der Waals surface area contributed by atoms with Crippen LogP contribution < -0.4 is 11.1 Å². The molecule has 4 aromatic rings. The molecular formula is C24H24N6O. The van der Waals surface area contributed by atoms with Gasteiger partial charge >= 0.3 is 0 Å². The van der Waals surface area contributed by atoms with Gasteiger partial charge in [0.25, 0.3) is 0 Å². The zero-order valence-corrected chi connectivity index (χ0v) is 17.1. The van der Waals surface area contributed by atoms with Gasteiger partial charge in [-0.25, -0.2) is 0 Å². The molecule has 6 N–H and O–H groups in total. The Morgan fingerprint density at radius 2 is 2.03 bits per heavy atom. The number of hydrogen-bond donors (Lipinski definition) is 5. The molecule has 0 aliphatic carbocycles.